The van der Waals surface area contributed by atoms with Crippen molar-refractivity contribution in [2.24, 2.45) is 5.92 Å². The second kappa shape index (κ2) is 17.6. The lowest BCUT2D eigenvalue weighted by atomic mass is 10.0. The Morgan fingerprint density at radius 2 is 1.92 bits per heavy atom. The van der Waals surface area contributed by atoms with Gasteiger partial charge in [0.25, 0.3) is 5.91 Å². The molecule has 4 bridgehead atoms. The molecule has 3 aromatic rings. The molecule has 4 heterocycles. The standard InChI is InChI=1S/C33H43ClN8O6/c1-21(2)16-27-32(46)36-11-14-41(29(44)17-23-6-4-10-35-19-23)13-9-25-20-42(40-39-25)12-5-15-48-28-8-7-24(18-26(28)34)31(45)38-30(22(3)43)33(47)37-27/h4,6-8,10,18-22,27,30,43H,5,9,11-17H2,1-3H3,(H,36,46)(H,37,47)(H,38,45)/t22-,27-,30+/m1/s1. The van der Waals surface area contributed by atoms with E-state index < -0.39 is 35.9 Å². The van der Waals surface area contributed by atoms with Crippen LogP contribution in [-0.2, 0) is 33.8 Å². The summed E-state index contributed by atoms with van der Waals surface area (Å²) in [4.78, 5) is 58.9. The number of hydrogen-bond donors (Lipinski definition) is 4. The number of pyridine rings is 1. The highest BCUT2D eigenvalue weighted by molar-refractivity contribution is 6.32. The van der Waals surface area contributed by atoms with Crippen LogP contribution in [0.1, 0.15) is 55.2 Å². The quantitative estimate of drug-likeness (QED) is 0.290. The molecular formula is C33H43ClN8O6. The fourth-order valence-electron chi connectivity index (χ4n) is 5.16. The summed E-state index contributed by atoms with van der Waals surface area (Å²) in [7, 11) is 0. The molecule has 258 valence electrons. The Balaban J connectivity index is 1.56. The van der Waals surface area contributed by atoms with Crippen molar-refractivity contribution < 1.29 is 29.0 Å². The number of nitrogens with one attached hydrogen (secondary N) is 3. The van der Waals surface area contributed by atoms with Crippen LogP contribution in [-0.4, -0.2) is 98.0 Å². The monoisotopic (exact) mass is 682 g/mol. The lowest BCUT2D eigenvalue weighted by Crippen LogP contribution is -2.57. The topological polar surface area (TPSA) is 181 Å². The second-order valence-corrected chi connectivity index (χ2v) is 12.6. The number of benzene rings is 1. The third-order valence-corrected chi connectivity index (χ3v) is 8.01. The van der Waals surface area contributed by atoms with Crippen molar-refractivity contribution in [1.82, 2.24) is 40.8 Å². The van der Waals surface area contributed by atoms with Crippen LogP contribution < -0.4 is 20.7 Å². The number of hydrogen-bond acceptors (Lipinski definition) is 9. The van der Waals surface area contributed by atoms with Crippen LogP contribution in [0.3, 0.4) is 0 Å². The van der Waals surface area contributed by atoms with Crippen molar-refractivity contribution in [3.63, 3.8) is 0 Å². The van der Waals surface area contributed by atoms with E-state index in [0.29, 0.717) is 50.4 Å². The molecule has 0 saturated carbocycles. The molecule has 4 amide bonds. The summed E-state index contributed by atoms with van der Waals surface area (Å²) >= 11 is 6.40. The molecule has 0 unspecified atom stereocenters. The molecule has 48 heavy (non-hydrogen) atoms. The molecule has 0 aliphatic carbocycles. The highest BCUT2D eigenvalue weighted by atomic mass is 35.5. The number of aliphatic hydroxyl groups excluding tert-OH is 1. The Labute approximate surface area is 284 Å². The number of fused-ring (bicyclic) bond motifs is 17. The Morgan fingerprint density at radius 1 is 1.10 bits per heavy atom. The van der Waals surface area contributed by atoms with Crippen molar-refractivity contribution in [3.8, 4) is 5.75 Å². The molecule has 2 aromatic heterocycles. The largest absolute Gasteiger partial charge is 0.492 e. The number of ether oxygens (including phenoxy) is 1. The van der Waals surface area contributed by atoms with E-state index in [2.05, 4.69) is 31.2 Å². The Hall–Kier alpha value is -4.56. The first-order valence-electron chi connectivity index (χ1n) is 16.0. The van der Waals surface area contributed by atoms with Crippen molar-refractivity contribution >= 4 is 35.2 Å². The van der Waals surface area contributed by atoms with Gasteiger partial charge in [-0.25, -0.2) is 0 Å². The van der Waals surface area contributed by atoms with Gasteiger partial charge in [0, 0.05) is 63.2 Å². The molecule has 3 atom stereocenters. The number of amides is 4. The van der Waals surface area contributed by atoms with Gasteiger partial charge in [0.15, 0.2) is 0 Å². The molecule has 1 aromatic carbocycles. The van der Waals surface area contributed by atoms with Crippen LogP contribution >= 0.6 is 11.6 Å². The first kappa shape index (κ1) is 36.3. The summed E-state index contributed by atoms with van der Waals surface area (Å²) < 4.78 is 7.52. The number of aryl methyl sites for hydroxylation is 1. The number of halogens is 1. The summed E-state index contributed by atoms with van der Waals surface area (Å²) in [6.45, 7) is 6.72. The van der Waals surface area contributed by atoms with Gasteiger partial charge in [0.05, 0.1) is 29.8 Å². The Bertz CT molecular complexity index is 1550. The molecule has 0 radical (unpaired) electrons. The molecule has 4 N–H and O–H groups in total. The van der Waals surface area contributed by atoms with Gasteiger partial charge in [-0.2, -0.15) is 0 Å². The molecule has 15 heteroatoms. The predicted octanol–water partition coefficient (Wildman–Crippen LogP) is 1.55. The van der Waals surface area contributed by atoms with Gasteiger partial charge in [0.1, 0.15) is 17.8 Å². The van der Waals surface area contributed by atoms with Crippen molar-refractivity contribution in [2.45, 2.75) is 71.2 Å². The van der Waals surface area contributed by atoms with E-state index >= 15 is 0 Å². The zero-order valence-corrected chi connectivity index (χ0v) is 28.2. The summed E-state index contributed by atoms with van der Waals surface area (Å²) in [6, 6.07) is 5.78. The van der Waals surface area contributed by atoms with E-state index in [0.717, 1.165) is 5.56 Å². The summed E-state index contributed by atoms with van der Waals surface area (Å²) in [5.74, 6) is -1.54. The Morgan fingerprint density at radius 3 is 2.62 bits per heavy atom. The van der Waals surface area contributed by atoms with Crippen molar-refractivity contribution in [2.75, 3.05) is 26.2 Å². The number of aliphatic hydroxyl groups is 1. The number of carbonyl (C=O) groups excluding carboxylic acids is 4. The van der Waals surface area contributed by atoms with Crippen LogP contribution in [0.2, 0.25) is 5.02 Å². The smallest absolute Gasteiger partial charge is 0.252 e. The first-order chi connectivity index (χ1) is 23.0. The fraction of sp³-hybridized carbons (Fsp3) is 0.485. The van der Waals surface area contributed by atoms with Crippen LogP contribution in [0.15, 0.2) is 48.9 Å². The molecule has 2 aliphatic heterocycles. The molecule has 0 saturated heterocycles. The van der Waals surface area contributed by atoms with E-state index in [9.17, 15) is 24.3 Å². The van der Waals surface area contributed by atoms with Gasteiger partial charge in [-0.3, -0.25) is 28.8 Å². The second-order valence-electron chi connectivity index (χ2n) is 12.2. The molecule has 5 rings (SSSR count). The van der Waals surface area contributed by atoms with Gasteiger partial charge >= 0.3 is 0 Å². The van der Waals surface area contributed by atoms with E-state index in [4.69, 9.17) is 16.3 Å². The van der Waals surface area contributed by atoms with E-state index in [1.807, 2.05) is 26.1 Å². The maximum absolute atomic E-state index is 13.4. The third-order valence-electron chi connectivity index (χ3n) is 7.71. The number of nitrogens with zero attached hydrogens (tertiary/aromatic N) is 5. The minimum absolute atomic E-state index is 0.0290. The van der Waals surface area contributed by atoms with Crippen LogP contribution in [0.4, 0.5) is 0 Å². The maximum Gasteiger partial charge on any atom is 0.252 e. The number of rotatable bonds is 5. The van der Waals surface area contributed by atoms with E-state index in [-0.39, 0.29) is 41.9 Å². The van der Waals surface area contributed by atoms with Crippen LogP contribution in [0, 0.1) is 5.92 Å². The number of carbonyl (C=O) groups is 4. The Kier molecular flexibility index (Phi) is 13.3. The summed E-state index contributed by atoms with van der Waals surface area (Å²) in [5, 5.41) is 27.2. The lowest BCUT2D eigenvalue weighted by Gasteiger charge is -2.26. The maximum atomic E-state index is 13.4. The molecule has 0 fully saturated rings. The zero-order valence-electron chi connectivity index (χ0n) is 27.4. The minimum Gasteiger partial charge on any atom is -0.492 e. The lowest BCUT2D eigenvalue weighted by molar-refractivity contribution is -0.132. The average molecular weight is 683 g/mol. The van der Waals surface area contributed by atoms with Crippen LogP contribution in [0.25, 0.3) is 0 Å². The average Bonchev–Trinajstić information content (AvgIpc) is 3.50. The molecule has 2 aliphatic rings. The first-order valence-corrected chi connectivity index (χ1v) is 16.4. The molecular weight excluding hydrogens is 640 g/mol. The normalized spacial score (nSPS) is 19.5. The van der Waals surface area contributed by atoms with Gasteiger partial charge in [-0.15, -0.1) is 5.10 Å². The molecule has 14 nitrogen and oxygen atoms in total. The van der Waals surface area contributed by atoms with E-state index in [1.54, 1.807) is 34.1 Å². The highest BCUT2D eigenvalue weighted by Crippen LogP contribution is 2.26. The SMILES string of the molecule is CC(C)C[C@H]1NC(=O)[C@H]([C@@H](C)O)NC(=O)c2ccc(c(Cl)c2)OCCCn2cc(nn2)CCN(C(=O)Cc2cccnc2)CCNC1=O. The van der Waals surface area contributed by atoms with Gasteiger partial charge in [0.2, 0.25) is 17.7 Å². The van der Waals surface area contributed by atoms with Crippen LogP contribution in [0.5, 0.6) is 5.75 Å². The van der Waals surface area contributed by atoms with E-state index in [1.165, 1.54) is 19.1 Å². The fourth-order valence-corrected chi connectivity index (χ4v) is 5.40. The number of aromatic nitrogens is 4. The summed E-state index contributed by atoms with van der Waals surface area (Å²) in [5.41, 5.74) is 1.63. The highest BCUT2D eigenvalue weighted by Gasteiger charge is 2.31. The third kappa shape index (κ3) is 10.7. The van der Waals surface area contributed by atoms with Crippen molar-refractivity contribution in [1.29, 1.82) is 0 Å². The van der Waals surface area contributed by atoms with Crippen molar-refractivity contribution in [3.05, 3.63) is 70.8 Å². The summed E-state index contributed by atoms with van der Waals surface area (Å²) in [6.07, 6.45) is 5.32. The zero-order chi connectivity index (χ0) is 34.6. The van der Waals surface area contributed by atoms with Gasteiger partial charge < -0.3 is 30.7 Å². The minimum atomic E-state index is -1.35. The van der Waals surface area contributed by atoms with Gasteiger partial charge in [-0.1, -0.05) is 36.7 Å². The molecule has 0 spiro atoms. The van der Waals surface area contributed by atoms with Gasteiger partial charge in [-0.05, 0) is 49.1 Å². The predicted molar refractivity (Wildman–Crippen MR) is 177 cm³/mol.